The third-order valence-electron chi connectivity index (χ3n) is 4.11. The van der Waals surface area contributed by atoms with Crippen LogP contribution in [0.4, 0.5) is 0 Å². The Bertz CT molecular complexity index is 299. The molecule has 3 atom stereocenters. The van der Waals surface area contributed by atoms with E-state index in [9.17, 15) is 4.79 Å². The second kappa shape index (κ2) is 6.49. The molecule has 0 aromatic carbocycles. The molecule has 1 amide bonds. The van der Waals surface area contributed by atoms with Gasteiger partial charge in [0.2, 0.25) is 5.91 Å². The first-order chi connectivity index (χ1) is 8.00. The van der Waals surface area contributed by atoms with Crippen LogP contribution in [-0.4, -0.2) is 40.4 Å². The van der Waals surface area contributed by atoms with Crippen molar-refractivity contribution < 1.29 is 4.79 Å². The monoisotopic (exact) mass is 292 g/mol. The van der Waals surface area contributed by atoms with Crippen molar-refractivity contribution in [2.45, 2.75) is 50.3 Å². The van der Waals surface area contributed by atoms with Crippen LogP contribution in [0.3, 0.4) is 0 Å². The van der Waals surface area contributed by atoms with Crippen molar-refractivity contribution in [3.05, 3.63) is 0 Å². The van der Waals surface area contributed by atoms with E-state index >= 15 is 0 Å². The molecule has 1 aliphatic carbocycles. The van der Waals surface area contributed by atoms with Gasteiger partial charge in [-0.1, -0.05) is 19.8 Å². The Hall–Kier alpha value is 0.0700. The van der Waals surface area contributed by atoms with Crippen molar-refractivity contribution in [1.29, 1.82) is 0 Å². The smallest absolute Gasteiger partial charge is 0.227 e. The standard InChI is InChI=1S/C13H24N2OS.ClH/c1-10-9-15(7-8-17-10)12(16)11-5-3-4-6-13(11,2)14;/h10-11H,3-9,14H2,1-2H3;1H. The summed E-state index contributed by atoms with van der Waals surface area (Å²) in [4.78, 5) is 14.6. The largest absolute Gasteiger partial charge is 0.340 e. The van der Waals surface area contributed by atoms with Gasteiger partial charge in [0, 0.05) is 29.6 Å². The highest BCUT2D eigenvalue weighted by molar-refractivity contribution is 7.99. The Balaban J connectivity index is 0.00000162. The fourth-order valence-electron chi connectivity index (χ4n) is 3.00. The first kappa shape index (κ1) is 16.1. The van der Waals surface area contributed by atoms with Gasteiger partial charge in [-0.2, -0.15) is 11.8 Å². The van der Waals surface area contributed by atoms with Gasteiger partial charge in [-0.25, -0.2) is 0 Å². The number of thioether (sulfide) groups is 1. The Morgan fingerprint density at radius 3 is 2.78 bits per heavy atom. The Kier molecular flexibility index (Phi) is 5.81. The third kappa shape index (κ3) is 3.55. The lowest BCUT2D eigenvalue weighted by Crippen LogP contribution is -2.55. The van der Waals surface area contributed by atoms with Gasteiger partial charge in [-0.15, -0.1) is 12.4 Å². The summed E-state index contributed by atoms with van der Waals surface area (Å²) in [6.45, 7) is 6.06. The number of hydrogen-bond donors (Lipinski definition) is 1. The third-order valence-corrected chi connectivity index (χ3v) is 5.24. The van der Waals surface area contributed by atoms with Crippen molar-refractivity contribution in [3.63, 3.8) is 0 Å². The number of nitrogens with two attached hydrogens (primary N) is 1. The highest BCUT2D eigenvalue weighted by Gasteiger charge is 2.40. The molecule has 0 aromatic rings. The van der Waals surface area contributed by atoms with Crippen LogP contribution < -0.4 is 5.73 Å². The van der Waals surface area contributed by atoms with E-state index in [0.29, 0.717) is 11.2 Å². The molecule has 1 aliphatic heterocycles. The molecule has 0 aromatic heterocycles. The first-order valence-corrected chi connectivity index (χ1v) is 7.75. The van der Waals surface area contributed by atoms with Crippen molar-refractivity contribution >= 4 is 30.1 Å². The molecule has 2 rings (SSSR count). The zero-order valence-electron chi connectivity index (χ0n) is 11.4. The van der Waals surface area contributed by atoms with Crippen LogP contribution in [0, 0.1) is 5.92 Å². The molecule has 5 heteroatoms. The van der Waals surface area contributed by atoms with Crippen LogP contribution in [0.5, 0.6) is 0 Å². The number of nitrogens with zero attached hydrogens (tertiary/aromatic N) is 1. The molecule has 3 unspecified atom stereocenters. The fourth-order valence-corrected chi connectivity index (χ4v) is 4.02. The SMILES string of the molecule is CC1CN(C(=O)C2CCCCC2(C)N)CCS1.Cl. The van der Waals surface area contributed by atoms with Crippen molar-refractivity contribution in [2.24, 2.45) is 11.7 Å². The summed E-state index contributed by atoms with van der Waals surface area (Å²) in [5, 5.41) is 0.570. The predicted molar refractivity (Wildman–Crippen MR) is 80.3 cm³/mol. The first-order valence-electron chi connectivity index (χ1n) is 6.70. The molecule has 18 heavy (non-hydrogen) atoms. The predicted octanol–water partition coefficient (Wildman–Crippen LogP) is 2.28. The molecule has 1 heterocycles. The summed E-state index contributed by atoms with van der Waals surface area (Å²) in [6, 6.07) is 0. The van der Waals surface area contributed by atoms with Gasteiger partial charge in [0.25, 0.3) is 0 Å². The maximum Gasteiger partial charge on any atom is 0.227 e. The maximum absolute atomic E-state index is 12.6. The summed E-state index contributed by atoms with van der Waals surface area (Å²) in [5.41, 5.74) is 6.02. The molecule has 1 saturated carbocycles. The molecule has 3 nitrogen and oxygen atoms in total. The Morgan fingerprint density at radius 2 is 2.17 bits per heavy atom. The molecular formula is C13H25ClN2OS. The number of hydrogen-bond acceptors (Lipinski definition) is 3. The quantitative estimate of drug-likeness (QED) is 0.806. The molecule has 2 fully saturated rings. The van der Waals surface area contributed by atoms with Crippen molar-refractivity contribution in [3.8, 4) is 0 Å². The van der Waals surface area contributed by atoms with E-state index in [1.165, 1.54) is 6.42 Å². The van der Waals surface area contributed by atoms with Gasteiger partial charge in [0.05, 0.1) is 5.92 Å². The molecule has 2 aliphatic rings. The maximum atomic E-state index is 12.6. The lowest BCUT2D eigenvalue weighted by molar-refractivity contribution is -0.138. The van der Waals surface area contributed by atoms with Crippen LogP contribution in [0.1, 0.15) is 39.5 Å². The fraction of sp³-hybridized carbons (Fsp3) is 0.923. The number of amides is 1. The van der Waals surface area contributed by atoms with Gasteiger partial charge in [0.1, 0.15) is 0 Å². The summed E-state index contributed by atoms with van der Waals surface area (Å²) in [7, 11) is 0. The lowest BCUT2D eigenvalue weighted by atomic mass is 9.74. The van der Waals surface area contributed by atoms with Crippen LogP contribution >= 0.6 is 24.2 Å². The number of halogens is 1. The minimum atomic E-state index is -0.289. The van der Waals surface area contributed by atoms with Gasteiger partial charge >= 0.3 is 0 Å². The average molecular weight is 293 g/mol. The normalized spacial score (nSPS) is 36.9. The van der Waals surface area contributed by atoms with E-state index in [-0.39, 0.29) is 23.9 Å². The topological polar surface area (TPSA) is 46.3 Å². The molecule has 0 radical (unpaired) electrons. The summed E-state index contributed by atoms with van der Waals surface area (Å²) < 4.78 is 0. The van der Waals surface area contributed by atoms with Gasteiger partial charge < -0.3 is 10.6 Å². The molecule has 0 bridgehead atoms. The van der Waals surface area contributed by atoms with Crippen LogP contribution in [0.2, 0.25) is 0 Å². The summed E-state index contributed by atoms with van der Waals surface area (Å²) >= 11 is 1.96. The van der Waals surface area contributed by atoms with Gasteiger partial charge in [-0.05, 0) is 19.8 Å². The van der Waals surface area contributed by atoms with E-state index < -0.39 is 0 Å². The summed E-state index contributed by atoms with van der Waals surface area (Å²) in [6.07, 6.45) is 4.29. The van der Waals surface area contributed by atoms with E-state index in [0.717, 1.165) is 38.1 Å². The minimum Gasteiger partial charge on any atom is -0.340 e. The second-order valence-electron chi connectivity index (χ2n) is 5.77. The minimum absolute atomic E-state index is 0. The lowest BCUT2D eigenvalue weighted by Gasteiger charge is -2.41. The van der Waals surface area contributed by atoms with Gasteiger partial charge in [-0.3, -0.25) is 4.79 Å². The molecule has 2 N–H and O–H groups in total. The van der Waals surface area contributed by atoms with E-state index in [2.05, 4.69) is 13.8 Å². The molecule has 0 spiro atoms. The second-order valence-corrected chi connectivity index (χ2v) is 7.32. The van der Waals surface area contributed by atoms with E-state index in [1.54, 1.807) is 0 Å². The Morgan fingerprint density at radius 1 is 1.44 bits per heavy atom. The molecular weight excluding hydrogens is 268 g/mol. The van der Waals surface area contributed by atoms with Crippen LogP contribution in [0.15, 0.2) is 0 Å². The van der Waals surface area contributed by atoms with Crippen molar-refractivity contribution in [2.75, 3.05) is 18.8 Å². The average Bonchev–Trinajstić information content (AvgIpc) is 2.27. The zero-order chi connectivity index (χ0) is 12.5. The van der Waals surface area contributed by atoms with E-state index in [1.807, 2.05) is 16.7 Å². The number of carbonyl (C=O) groups excluding carboxylic acids is 1. The van der Waals surface area contributed by atoms with Crippen LogP contribution in [0.25, 0.3) is 0 Å². The highest BCUT2D eigenvalue weighted by atomic mass is 35.5. The number of carbonyl (C=O) groups is 1. The Labute approximate surface area is 121 Å². The summed E-state index contributed by atoms with van der Waals surface area (Å²) in [5.74, 6) is 1.43. The number of rotatable bonds is 1. The molecule has 1 saturated heterocycles. The highest BCUT2D eigenvalue weighted by Crippen LogP contribution is 2.33. The molecule has 106 valence electrons. The van der Waals surface area contributed by atoms with Gasteiger partial charge in [0.15, 0.2) is 0 Å². The van der Waals surface area contributed by atoms with Crippen LogP contribution in [-0.2, 0) is 4.79 Å². The zero-order valence-corrected chi connectivity index (χ0v) is 13.0. The van der Waals surface area contributed by atoms with E-state index in [4.69, 9.17) is 5.73 Å². The van der Waals surface area contributed by atoms with Crippen molar-refractivity contribution in [1.82, 2.24) is 4.90 Å².